The highest BCUT2D eigenvalue weighted by Gasteiger charge is 2.25. The second kappa shape index (κ2) is 14.7. The zero-order chi connectivity index (χ0) is 41.0. The summed E-state index contributed by atoms with van der Waals surface area (Å²) in [6.45, 7) is 0. The van der Waals surface area contributed by atoms with Crippen molar-refractivity contribution in [2.24, 2.45) is 0 Å². The minimum absolute atomic E-state index is 0.825. The lowest BCUT2D eigenvalue weighted by Crippen LogP contribution is -2.11. The van der Waals surface area contributed by atoms with Crippen LogP contribution in [0.25, 0.3) is 66.1 Å². The molecule has 0 atom stereocenters. The first-order chi connectivity index (χ1) is 30.7. The molecule has 1 aliphatic rings. The minimum atomic E-state index is 0.825. The Labute approximate surface area is 359 Å². The van der Waals surface area contributed by atoms with Gasteiger partial charge in [-0.3, -0.25) is 0 Å². The lowest BCUT2D eigenvalue weighted by atomic mass is 9.93. The molecular formula is C58H38N2O2. The molecule has 10 aromatic carbocycles. The quantitative estimate of drug-likeness (QED) is 0.153. The van der Waals surface area contributed by atoms with Gasteiger partial charge < -0.3 is 19.0 Å². The van der Waals surface area contributed by atoms with Gasteiger partial charge in [0, 0.05) is 61.8 Å². The van der Waals surface area contributed by atoms with E-state index in [0.717, 1.165) is 101 Å². The Morgan fingerprint density at radius 3 is 1.58 bits per heavy atom. The van der Waals surface area contributed by atoms with Gasteiger partial charge >= 0.3 is 0 Å². The van der Waals surface area contributed by atoms with Crippen molar-refractivity contribution < 1.29 is 9.15 Å². The summed E-state index contributed by atoms with van der Waals surface area (Å²) in [7, 11) is 0. The molecule has 0 spiro atoms. The highest BCUT2D eigenvalue weighted by molar-refractivity contribution is 6.10. The highest BCUT2D eigenvalue weighted by Crippen LogP contribution is 2.51. The number of anilines is 6. The molecule has 2 heterocycles. The van der Waals surface area contributed by atoms with Gasteiger partial charge in [-0.05, 0) is 107 Å². The van der Waals surface area contributed by atoms with E-state index >= 15 is 0 Å². The zero-order valence-corrected chi connectivity index (χ0v) is 33.7. The Hall–Kier alpha value is -8.34. The molecule has 1 aliphatic heterocycles. The predicted octanol–water partition coefficient (Wildman–Crippen LogP) is 16.8. The first-order valence-electron chi connectivity index (χ1n) is 21.0. The van der Waals surface area contributed by atoms with Crippen LogP contribution in [0.3, 0.4) is 0 Å². The largest absolute Gasteiger partial charge is 0.456 e. The average Bonchev–Trinajstić information content (AvgIpc) is 3.73. The van der Waals surface area contributed by atoms with Crippen LogP contribution in [0.5, 0.6) is 11.5 Å². The molecule has 0 aliphatic carbocycles. The predicted molar refractivity (Wildman–Crippen MR) is 257 cm³/mol. The van der Waals surface area contributed by atoms with Crippen LogP contribution in [0.1, 0.15) is 0 Å². The van der Waals surface area contributed by atoms with E-state index in [2.05, 4.69) is 228 Å². The van der Waals surface area contributed by atoms with E-state index in [9.17, 15) is 0 Å². The van der Waals surface area contributed by atoms with Gasteiger partial charge in [-0.2, -0.15) is 0 Å². The number of furan rings is 1. The number of ether oxygens (including phenoxy) is 1. The van der Waals surface area contributed by atoms with Gasteiger partial charge in [-0.15, -0.1) is 0 Å². The van der Waals surface area contributed by atoms with Gasteiger partial charge in [0.05, 0.1) is 5.69 Å². The van der Waals surface area contributed by atoms with E-state index in [-0.39, 0.29) is 0 Å². The van der Waals surface area contributed by atoms with E-state index in [4.69, 9.17) is 9.15 Å². The van der Waals surface area contributed by atoms with Crippen molar-refractivity contribution in [3.05, 3.63) is 231 Å². The maximum absolute atomic E-state index is 6.89. The van der Waals surface area contributed by atoms with Crippen molar-refractivity contribution in [3.63, 3.8) is 0 Å². The summed E-state index contributed by atoms with van der Waals surface area (Å²) < 4.78 is 13.3. The molecule has 62 heavy (non-hydrogen) atoms. The first kappa shape index (κ1) is 35.6. The average molecular weight is 795 g/mol. The lowest BCUT2D eigenvalue weighted by molar-refractivity contribution is 0.487. The third-order valence-electron chi connectivity index (χ3n) is 12.0. The summed E-state index contributed by atoms with van der Waals surface area (Å²) in [6.07, 6.45) is 0. The molecule has 4 heteroatoms. The summed E-state index contributed by atoms with van der Waals surface area (Å²) in [6, 6.07) is 81.4. The monoisotopic (exact) mass is 794 g/mol. The molecule has 4 nitrogen and oxygen atoms in total. The third-order valence-corrected chi connectivity index (χ3v) is 12.0. The maximum Gasteiger partial charge on any atom is 0.143 e. The van der Waals surface area contributed by atoms with E-state index in [1.165, 1.54) is 11.1 Å². The van der Waals surface area contributed by atoms with Crippen LogP contribution in [0, 0.1) is 0 Å². The van der Waals surface area contributed by atoms with Crippen molar-refractivity contribution in [3.8, 4) is 44.9 Å². The van der Waals surface area contributed by atoms with Crippen molar-refractivity contribution in [2.45, 2.75) is 0 Å². The number of rotatable bonds is 8. The second-order valence-corrected chi connectivity index (χ2v) is 15.7. The van der Waals surface area contributed by atoms with E-state index in [1.54, 1.807) is 0 Å². The number of hydrogen-bond acceptors (Lipinski definition) is 4. The molecular weight excluding hydrogens is 757 g/mol. The molecule has 0 N–H and O–H groups in total. The molecule has 11 aromatic rings. The number of benzene rings is 10. The smallest absolute Gasteiger partial charge is 0.143 e. The van der Waals surface area contributed by atoms with Crippen LogP contribution in [-0.4, -0.2) is 0 Å². The van der Waals surface area contributed by atoms with E-state index < -0.39 is 0 Å². The Bertz CT molecular complexity index is 3380. The summed E-state index contributed by atoms with van der Waals surface area (Å²) in [5, 5.41) is 4.47. The maximum atomic E-state index is 6.89. The van der Waals surface area contributed by atoms with Gasteiger partial charge in [0.25, 0.3) is 0 Å². The van der Waals surface area contributed by atoms with Gasteiger partial charge in [-0.1, -0.05) is 146 Å². The second-order valence-electron chi connectivity index (χ2n) is 15.7. The van der Waals surface area contributed by atoms with Crippen LogP contribution >= 0.6 is 0 Å². The number of nitrogens with zero attached hydrogens (tertiary/aromatic N) is 2. The summed E-state index contributed by atoms with van der Waals surface area (Å²) in [5.74, 6) is 1.67. The summed E-state index contributed by atoms with van der Waals surface area (Å²) >= 11 is 0. The third kappa shape index (κ3) is 6.08. The van der Waals surface area contributed by atoms with Crippen LogP contribution in [0.4, 0.5) is 34.1 Å². The number of para-hydroxylation sites is 4. The summed E-state index contributed by atoms with van der Waals surface area (Å²) in [4.78, 5) is 4.62. The van der Waals surface area contributed by atoms with E-state index in [1.807, 2.05) is 12.1 Å². The molecule has 12 rings (SSSR count). The number of hydrogen-bond donors (Lipinski definition) is 0. The van der Waals surface area contributed by atoms with Crippen LogP contribution in [-0.2, 0) is 0 Å². The number of fused-ring (bicyclic) bond motifs is 5. The van der Waals surface area contributed by atoms with Crippen LogP contribution < -0.4 is 14.5 Å². The van der Waals surface area contributed by atoms with Crippen molar-refractivity contribution in [2.75, 3.05) is 9.80 Å². The topological polar surface area (TPSA) is 28.9 Å². The fourth-order valence-electron chi connectivity index (χ4n) is 9.13. The Morgan fingerprint density at radius 2 is 0.855 bits per heavy atom. The molecule has 0 radical (unpaired) electrons. The fraction of sp³-hybridized carbons (Fsp3) is 0. The molecule has 0 amide bonds. The molecule has 1 aromatic heterocycles. The van der Waals surface area contributed by atoms with Crippen molar-refractivity contribution in [1.82, 2.24) is 0 Å². The Kier molecular flexibility index (Phi) is 8.46. The molecule has 0 unspecified atom stereocenters. The zero-order valence-electron chi connectivity index (χ0n) is 33.7. The van der Waals surface area contributed by atoms with Crippen LogP contribution in [0.15, 0.2) is 235 Å². The van der Waals surface area contributed by atoms with Crippen molar-refractivity contribution >= 4 is 66.8 Å². The van der Waals surface area contributed by atoms with Gasteiger partial charge in [0.1, 0.15) is 22.7 Å². The van der Waals surface area contributed by atoms with E-state index in [0.29, 0.717) is 0 Å². The lowest BCUT2D eigenvalue weighted by Gasteiger charge is -2.30. The molecule has 0 bridgehead atoms. The first-order valence-corrected chi connectivity index (χ1v) is 21.0. The van der Waals surface area contributed by atoms with Gasteiger partial charge in [-0.25, -0.2) is 0 Å². The minimum Gasteiger partial charge on any atom is -0.456 e. The van der Waals surface area contributed by atoms with Crippen molar-refractivity contribution in [1.29, 1.82) is 0 Å². The normalized spacial score (nSPS) is 11.7. The molecule has 0 fully saturated rings. The molecule has 0 saturated carbocycles. The fourth-order valence-corrected chi connectivity index (χ4v) is 9.13. The van der Waals surface area contributed by atoms with Gasteiger partial charge in [0.2, 0.25) is 0 Å². The Balaban J connectivity index is 0.967. The SMILES string of the molecule is c1ccc(-c2ccc(N(c3ccc(-c4cccc5c4oc4ccccc45)cc3)c3ccc4c(c3)-c3cccc5cc(N(c6ccccc6)c6ccccc6)cc(c35)O4)cc2)cc1. The van der Waals surface area contributed by atoms with Crippen LogP contribution in [0.2, 0.25) is 0 Å². The Morgan fingerprint density at radius 1 is 0.306 bits per heavy atom. The standard InChI is InChI=1S/C58H38N2O2/c1-4-14-39(15-5-1)40-26-30-45(31-27-40)59(46-32-28-41(29-33-46)49-22-13-24-52-50-21-10-11-25-54(50)62-58(49)52)47-34-35-55-53(37-47)51-23-12-16-42-36-48(38-56(61-55)57(42)51)60(43-17-6-2-7-18-43)44-19-8-3-9-20-44/h1-38H. The van der Waals surface area contributed by atoms with Gasteiger partial charge in [0.15, 0.2) is 0 Å². The molecule has 292 valence electrons. The molecule has 0 saturated heterocycles. The summed E-state index contributed by atoms with van der Waals surface area (Å²) in [5.41, 5.74) is 14.8. The highest BCUT2D eigenvalue weighted by atomic mass is 16.5.